The second-order valence-electron chi connectivity index (χ2n) is 5.66. The molecule has 6 nitrogen and oxygen atoms in total. The lowest BCUT2D eigenvalue weighted by molar-refractivity contribution is -0.0333. The maximum atomic E-state index is 6.12. The number of methoxy groups -OCH3 is 1. The summed E-state index contributed by atoms with van der Waals surface area (Å²) < 4.78 is 12.2. The van der Waals surface area contributed by atoms with Gasteiger partial charge in [-0.25, -0.2) is 0 Å². The first-order valence-corrected chi connectivity index (χ1v) is 7.80. The zero-order valence-electron chi connectivity index (χ0n) is 14.0. The van der Waals surface area contributed by atoms with Crippen LogP contribution in [-0.2, 0) is 16.0 Å². The number of fused-ring (bicyclic) bond motifs is 1. The third-order valence-electron chi connectivity index (χ3n) is 4.03. The molecule has 0 bridgehead atoms. The largest absolute Gasteiger partial charge is 0.397 e. The van der Waals surface area contributed by atoms with Gasteiger partial charge in [0.2, 0.25) is 0 Å². The van der Waals surface area contributed by atoms with E-state index in [2.05, 4.69) is 17.2 Å². The van der Waals surface area contributed by atoms with Crippen molar-refractivity contribution in [2.45, 2.75) is 13.5 Å². The first-order valence-electron chi connectivity index (χ1n) is 7.80. The summed E-state index contributed by atoms with van der Waals surface area (Å²) in [4.78, 5) is 0. The second kappa shape index (κ2) is 6.90. The predicted molar refractivity (Wildman–Crippen MR) is 96.6 cm³/mol. The molecule has 0 unspecified atom stereocenters. The quantitative estimate of drug-likeness (QED) is 0.413. The number of nitrogens with two attached hydrogens (primary N) is 2. The van der Waals surface area contributed by atoms with Crippen molar-refractivity contribution in [2.24, 2.45) is 0 Å². The highest BCUT2D eigenvalue weighted by molar-refractivity contribution is 5.91. The Morgan fingerprint density at radius 2 is 2.00 bits per heavy atom. The molecule has 0 aliphatic carbocycles. The van der Waals surface area contributed by atoms with E-state index in [1.54, 1.807) is 13.2 Å². The van der Waals surface area contributed by atoms with Gasteiger partial charge in [0.05, 0.1) is 35.7 Å². The number of benzene rings is 2. The number of aryl methyl sites for hydroxylation is 1. The molecule has 0 amide bonds. The fourth-order valence-electron chi connectivity index (χ4n) is 2.81. The van der Waals surface area contributed by atoms with Gasteiger partial charge in [-0.3, -0.25) is 4.68 Å². The van der Waals surface area contributed by atoms with Crippen LogP contribution in [0.1, 0.15) is 5.69 Å². The Balaban J connectivity index is 1.94. The number of aromatic nitrogens is 2. The molecule has 3 aromatic rings. The molecule has 126 valence electrons. The smallest absolute Gasteiger partial charge is 0.146 e. The number of ether oxygens (including phenoxy) is 2. The summed E-state index contributed by atoms with van der Waals surface area (Å²) in [5.74, 6) is 0. The number of anilines is 2. The van der Waals surface area contributed by atoms with Gasteiger partial charge in [-0.15, -0.1) is 0 Å². The molecular formula is C18H22N4O2. The monoisotopic (exact) mass is 326 g/mol. The molecular weight excluding hydrogens is 304 g/mol. The Morgan fingerprint density at radius 3 is 2.79 bits per heavy atom. The van der Waals surface area contributed by atoms with E-state index < -0.39 is 0 Å². The Kier molecular flexibility index (Phi) is 4.69. The Labute approximate surface area is 141 Å². The summed E-state index contributed by atoms with van der Waals surface area (Å²) in [7, 11) is 1.61. The predicted octanol–water partition coefficient (Wildman–Crippen LogP) is 2.80. The van der Waals surface area contributed by atoms with Crippen molar-refractivity contribution in [3.63, 3.8) is 0 Å². The van der Waals surface area contributed by atoms with Gasteiger partial charge in [-0.2, -0.15) is 5.10 Å². The zero-order valence-corrected chi connectivity index (χ0v) is 14.0. The lowest BCUT2D eigenvalue weighted by Gasteiger charge is -2.09. The van der Waals surface area contributed by atoms with E-state index >= 15 is 0 Å². The third-order valence-corrected chi connectivity index (χ3v) is 4.03. The molecule has 2 aromatic carbocycles. The summed E-state index contributed by atoms with van der Waals surface area (Å²) >= 11 is 0. The fraction of sp³-hybridized carbons (Fsp3) is 0.278. The first kappa shape index (κ1) is 16.3. The van der Waals surface area contributed by atoms with E-state index in [0.717, 1.165) is 27.7 Å². The highest BCUT2D eigenvalue weighted by Crippen LogP contribution is 2.32. The van der Waals surface area contributed by atoms with Crippen LogP contribution in [-0.4, -0.2) is 30.3 Å². The molecule has 0 atom stereocenters. The number of nitrogen functional groups attached to an aromatic ring is 2. The van der Waals surface area contributed by atoms with Crippen molar-refractivity contribution < 1.29 is 9.47 Å². The van der Waals surface area contributed by atoms with Crippen LogP contribution < -0.4 is 11.5 Å². The Hall–Kier alpha value is -2.57. The van der Waals surface area contributed by atoms with Crippen molar-refractivity contribution in [2.75, 3.05) is 32.0 Å². The average molecular weight is 326 g/mol. The van der Waals surface area contributed by atoms with E-state index in [1.165, 1.54) is 0 Å². The molecule has 0 saturated heterocycles. The van der Waals surface area contributed by atoms with Crippen LogP contribution in [0, 0.1) is 6.92 Å². The Morgan fingerprint density at radius 1 is 1.17 bits per heavy atom. The normalized spacial score (nSPS) is 11.2. The topological polar surface area (TPSA) is 88.3 Å². The van der Waals surface area contributed by atoms with E-state index in [9.17, 15) is 0 Å². The third kappa shape index (κ3) is 3.06. The summed E-state index contributed by atoms with van der Waals surface area (Å²) in [6.07, 6.45) is 0. The van der Waals surface area contributed by atoms with Gasteiger partial charge >= 0.3 is 0 Å². The van der Waals surface area contributed by atoms with Crippen LogP contribution in [0.4, 0.5) is 11.4 Å². The summed E-state index contributed by atoms with van der Waals surface area (Å²) in [5, 5.41) is 5.70. The van der Waals surface area contributed by atoms with Crippen molar-refractivity contribution in [3.05, 3.63) is 42.1 Å². The second-order valence-corrected chi connectivity index (χ2v) is 5.66. The summed E-state index contributed by atoms with van der Waals surface area (Å²) in [6, 6.07) is 11.9. The van der Waals surface area contributed by atoms with Crippen LogP contribution >= 0.6 is 0 Å². The molecule has 1 aromatic heterocycles. The number of nitrogens with zero attached hydrogens (tertiary/aromatic N) is 2. The van der Waals surface area contributed by atoms with Gasteiger partial charge in [0.15, 0.2) is 0 Å². The molecule has 1 heterocycles. The SMILES string of the molecule is COCOCCn1nc(C)c2cc(-c3cccc(N)c3N)ccc21. The Bertz CT molecular complexity index is 858. The maximum Gasteiger partial charge on any atom is 0.146 e. The lowest BCUT2D eigenvalue weighted by Crippen LogP contribution is -2.08. The molecule has 0 saturated carbocycles. The minimum absolute atomic E-state index is 0.289. The van der Waals surface area contributed by atoms with Crippen molar-refractivity contribution in [1.29, 1.82) is 0 Å². The molecule has 0 aliphatic rings. The van der Waals surface area contributed by atoms with Crippen LogP contribution in [0.2, 0.25) is 0 Å². The fourth-order valence-corrected chi connectivity index (χ4v) is 2.81. The zero-order chi connectivity index (χ0) is 17.1. The molecule has 4 N–H and O–H groups in total. The van der Waals surface area contributed by atoms with Gasteiger partial charge < -0.3 is 20.9 Å². The van der Waals surface area contributed by atoms with Crippen LogP contribution in [0.5, 0.6) is 0 Å². The molecule has 3 rings (SSSR count). The van der Waals surface area contributed by atoms with Crippen LogP contribution in [0.25, 0.3) is 22.0 Å². The minimum atomic E-state index is 0.289. The molecule has 0 fully saturated rings. The van der Waals surface area contributed by atoms with E-state index in [1.807, 2.05) is 29.8 Å². The summed E-state index contributed by atoms with van der Waals surface area (Å²) in [6.45, 7) is 3.51. The number of rotatable bonds is 6. The van der Waals surface area contributed by atoms with E-state index in [0.29, 0.717) is 24.5 Å². The van der Waals surface area contributed by atoms with Gasteiger partial charge in [0.25, 0.3) is 0 Å². The summed E-state index contributed by atoms with van der Waals surface area (Å²) in [5.41, 5.74) is 17.3. The minimum Gasteiger partial charge on any atom is -0.397 e. The maximum absolute atomic E-state index is 6.12. The van der Waals surface area contributed by atoms with E-state index in [-0.39, 0.29) is 6.79 Å². The van der Waals surface area contributed by atoms with Crippen molar-refractivity contribution in [1.82, 2.24) is 9.78 Å². The molecule has 0 aliphatic heterocycles. The van der Waals surface area contributed by atoms with Crippen molar-refractivity contribution >= 4 is 22.3 Å². The first-order chi connectivity index (χ1) is 11.6. The highest BCUT2D eigenvalue weighted by atomic mass is 16.7. The van der Waals surface area contributed by atoms with Gasteiger partial charge in [0, 0.05) is 18.1 Å². The number of hydrogen-bond donors (Lipinski definition) is 2. The van der Waals surface area contributed by atoms with Crippen LogP contribution in [0.15, 0.2) is 36.4 Å². The van der Waals surface area contributed by atoms with Gasteiger partial charge in [-0.1, -0.05) is 18.2 Å². The standard InChI is InChI=1S/C18H22N4O2/c1-12-15-10-13(14-4-3-5-16(19)18(14)20)6-7-17(15)22(21-12)8-9-24-11-23-2/h3-7,10H,8-9,11,19-20H2,1-2H3. The molecule has 0 radical (unpaired) electrons. The highest BCUT2D eigenvalue weighted by Gasteiger charge is 2.11. The van der Waals surface area contributed by atoms with E-state index in [4.69, 9.17) is 20.9 Å². The van der Waals surface area contributed by atoms with Gasteiger partial charge in [-0.05, 0) is 30.7 Å². The van der Waals surface area contributed by atoms with Crippen LogP contribution in [0.3, 0.4) is 0 Å². The molecule has 6 heteroatoms. The van der Waals surface area contributed by atoms with Gasteiger partial charge in [0.1, 0.15) is 6.79 Å². The average Bonchev–Trinajstić information content (AvgIpc) is 2.90. The molecule has 24 heavy (non-hydrogen) atoms. The number of hydrogen-bond acceptors (Lipinski definition) is 5. The number of para-hydroxylation sites is 1. The lowest BCUT2D eigenvalue weighted by atomic mass is 10.0. The van der Waals surface area contributed by atoms with Crippen molar-refractivity contribution in [3.8, 4) is 11.1 Å². The molecule has 0 spiro atoms.